The van der Waals surface area contributed by atoms with Gasteiger partial charge in [0.25, 0.3) is 0 Å². The van der Waals surface area contributed by atoms with Gasteiger partial charge >= 0.3 is 20.0 Å². The van der Waals surface area contributed by atoms with Crippen molar-refractivity contribution in [3.63, 3.8) is 0 Å². The Morgan fingerprint density at radius 1 is 0.968 bits per heavy atom. The summed E-state index contributed by atoms with van der Waals surface area (Å²) in [6, 6.07) is 8.65. The molecule has 2 rings (SSSR count). The van der Waals surface area contributed by atoms with Gasteiger partial charge < -0.3 is 9.84 Å². The van der Waals surface area contributed by atoms with E-state index in [0.717, 1.165) is 33.5 Å². The Bertz CT molecular complexity index is 942. The molecule has 0 aliphatic carbocycles. The summed E-state index contributed by atoms with van der Waals surface area (Å²) in [7, 11) is -1.31. The second-order valence-electron chi connectivity index (χ2n) is 6.18. The first-order valence-electron chi connectivity index (χ1n) is 8.55. The van der Waals surface area contributed by atoms with Crippen LogP contribution in [0.1, 0.15) is 22.8 Å². The number of phosphoric ester groups is 1. The van der Waals surface area contributed by atoms with Crippen LogP contribution in [0.4, 0.5) is 13.2 Å². The van der Waals surface area contributed by atoms with E-state index in [9.17, 15) is 27.6 Å². The van der Waals surface area contributed by atoms with Crippen molar-refractivity contribution in [2.24, 2.45) is 0 Å². The van der Waals surface area contributed by atoms with Crippen LogP contribution in [0.5, 0.6) is 0 Å². The number of carbonyl (C=O) groups is 1. The van der Waals surface area contributed by atoms with E-state index in [1.165, 1.54) is 24.3 Å². The number of rotatable bonds is 8. The molecule has 2 unspecified atom stereocenters. The second kappa shape index (κ2) is 9.68. The van der Waals surface area contributed by atoms with E-state index in [1.807, 2.05) is 0 Å². The zero-order valence-corrected chi connectivity index (χ0v) is 18.2. The van der Waals surface area contributed by atoms with E-state index < -0.39 is 37.2 Å². The van der Waals surface area contributed by atoms with Crippen LogP contribution in [0.3, 0.4) is 0 Å². The first-order chi connectivity index (χ1) is 14.4. The van der Waals surface area contributed by atoms with Gasteiger partial charge in [0, 0.05) is 19.2 Å². The Morgan fingerprint density at radius 2 is 1.45 bits per heavy atom. The fourth-order valence-electron chi connectivity index (χ4n) is 2.75. The van der Waals surface area contributed by atoms with E-state index in [2.05, 4.69) is 4.74 Å². The maximum absolute atomic E-state index is 13.0. The Morgan fingerprint density at radius 3 is 1.87 bits per heavy atom. The average molecular weight is 483 g/mol. The number of benzene rings is 2. The number of halogens is 4. The van der Waals surface area contributed by atoms with Gasteiger partial charge in [-0.15, -0.1) is 0 Å². The third-order valence-electron chi connectivity index (χ3n) is 4.38. The molecular formula is C19H19ClF3O7P. The quantitative estimate of drug-likeness (QED) is 0.423. The Labute approximate surface area is 181 Å². The molecule has 7 nitrogen and oxygen atoms in total. The lowest BCUT2D eigenvalue weighted by Gasteiger charge is -2.35. The third-order valence-corrected chi connectivity index (χ3v) is 6.00. The lowest BCUT2D eigenvalue weighted by molar-refractivity contribution is -0.177. The second-order valence-corrected chi connectivity index (χ2v) is 8.45. The van der Waals surface area contributed by atoms with Crippen molar-refractivity contribution in [3.05, 3.63) is 70.2 Å². The molecule has 1 N–H and O–H groups in total. The number of ether oxygens (including phenoxy) is 1. The normalized spacial score (nSPS) is 15.2. The van der Waals surface area contributed by atoms with Gasteiger partial charge in [0.15, 0.2) is 0 Å². The summed E-state index contributed by atoms with van der Waals surface area (Å²) in [5.41, 5.74) is -3.97. The Kier molecular flexibility index (Phi) is 7.91. The van der Waals surface area contributed by atoms with Crippen molar-refractivity contribution >= 4 is 25.4 Å². The van der Waals surface area contributed by atoms with Gasteiger partial charge in [0.05, 0.1) is 12.7 Å². The summed E-state index contributed by atoms with van der Waals surface area (Å²) in [6.07, 6.45) is -6.42. The highest BCUT2D eigenvalue weighted by Crippen LogP contribution is 2.55. The zero-order chi connectivity index (χ0) is 23.4. The van der Waals surface area contributed by atoms with E-state index in [-0.39, 0.29) is 11.1 Å². The number of carbonyl (C=O) groups excluding carboxylic acids is 1. The van der Waals surface area contributed by atoms with Gasteiger partial charge in [-0.05, 0) is 35.4 Å². The van der Waals surface area contributed by atoms with Gasteiger partial charge in [-0.3, -0.25) is 13.6 Å². The van der Waals surface area contributed by atoms with Crippen LogP contribution in [-0.4, -0.2) is 32.4 Å². The van der Waals surface area contributed by atoms with Crippen molar-refractivity contribution in [3.8, 4) is 0 Å². The minimum Gasteiger partial charge on any atom is -0.467 e. The highest BCUT2D eigenvalue weighted by atomic mass is 35.5. The van der Waals surface area contributed by atoms with E-state index in [0.29, 0.717) is 17.2 Å². The van der Waals surface area contributed by atoms with Crippen LogP contribution in [0.15, 0.2) is 48.5 Å². The lowest BCUT2D eigenvalue weighted by atomic mass is 9.84. The van der Waals surface area contributed by atoms with Crippen molar-refractivity contribution in [2.45, 2.75) is 17.9 Å². The third kappa shape index (κ3) is 5.46. The average Bonchev–Trinajstić information content (AvgIpc) is 2.76. The van der Waals surface area contributed by atoms with Gasteiger partial charge in [0.1, 0.15) is 6.10 Å². The highest BCUT2D eigenvalue weighted by molar-refractivity contribution is 7.48. The molecule has 0 saturated heterocycles. The molecule has 0 saturated carbocycles. The molecule has 0 aromatic heterocycles. The first-order valence-corrected chi connectivity index (χ1v) is 10.4. The topological polar surface area (TPSA) is 91.3 Å². The summed E-state index contributed by atoms with van der Waals surface area (Å²) >= 11 is 5.88. The highest BCUT2D eigenvalue weighted by Gasteiger charge is 2.52. The molecule has 0 radical (unpaired) electrons. The monoisotopic (exact) mass is 482 g/mol. The van der Waals surface area contributed by atoms with Crippen LogP contribution >= 0.6 is 19.4 Å². The number of alkyl halides is 3. The summed E-state index contributed by atoms with van der Waals surface area (Å²) in [6.45, 7) is 0. The summed E-state index contributed by atoms with van der Waals surface area (Å²) < 4.78 is 71.1. The molecule has 0 heterocycles. The van der Waals surface area contributed by atoms with Crippen LogP contribution in [0.2, 0.25) is 5.02 Å². The van der Waals surface area contributed by atoms with Crippen molar-refractivity contribution in [2.75, 3.05) is 21.3 Å². The van der Waals surface area contributed by atoms with E-state index >= 15 is 0 Å². The predicted octanol–water partition coefficient (Wildman–Crippen LogP) is 4.88. The van der Waals surface area contributed by atoms with Crippen LogP contribution in [0, 0.1) is 0 Å². The van der Waals surface area contributed by atoms with E-state index in [1.54, 1.807) is 0 Å². The molecule has 0 aliphatic rings. The molecule has 0 bridgehead atoms. The van der Waals surface area contributed by atoms with Crippen LogP contribution in [-0.2, 0) is 39.4 Å². The number of esters is 1. The largest absolute Gasteiger partial charge is 0.474 e. The molecule has 31 heavy (non-hydrogen) atoms. The van der Waals surface area contributed by atoms with Gasteiger partial charge in [0.2, 0.25) is 5.60 Å². The summed E-state index contributed by atoms with van der Waals surface area (Å²) in [5.74, 6) is -1.29. The Balaban J connectivity index is 2.71. The van der Waals surface area contributed by atoms with Gasteiger partial charge in [-0.1, -0.05) is 35.9 Å². The zero-order valence-electron chi connectivity index (χ0n) is 16.6. The number of methoxy groups -OCH3 is 1. The smallest absolute Gasteiger partial charge is 0.467 e. The SMILES string of the molecule is COC(=O)C(O)(c1ccc(C(F)(F)F)cc1)C(OP(=O)(OC)OC)c1ccc(Cl)cc1. The molecular weight excluding hydrogens is 464 g/mol. The van der Waals surface area contributed by atoms with Crippen molar-refractivity contribution < 1.29 is 45.9 Å². The van der Waals surface area contributed by atoms with Crippen LogP contribution < -0.4 is 0 Å². The fourth-order valence-corrected chi connectivity index (χ4v) is 3.73. The van der Waals surface area contributed by atoms with Gasteiger partial charge in [-0.2, -0.15) is 13.2 Å². The molecule has 0 amide bonds. The Hall–Kier alpha value is -1.94. The number of aliphatic hydroxyl groups is 1. The van der Waals surface area contributed by atoms with E-state index in [4.69, 9.17) is 25.2 Å². The minimum absolute atomic E-state index is 0.0894. The fraction of sp³-hybridized carbons (Fsp3) is 0.316. The van der Waals surface area contributed by atoms with Crippen molar-refractivity contribution in [1.29, 1.82) is 0 Å². The molecule has 170 valence electrons. The number of hydrogen-bond donors (Lipinski definition) is 1. The summed E-state index contributed by atoms with van der Waals surface area (Å²) in [4.78, 5) is 12.7. The summed E-state index contributed by atoms with van der Waals surface area (Å²) in [5, 5.41) is 11.7. The molecule has 0 spiro atoms. The van der Waals surface area contributed by atoms with Crippen LogP contribution in [0.25, 0.3) is 0 Å². The predicted molar refractivity (Wildman–Crippen MR) is 104 cm³/mol. The molecule has 2 atom stereocenters. The molecule has 12 heteroatoms. The number of phosphoric acid groups is 1. The van der Waals surface area contributed by atoms with Gasteiger partial charge in [-0.25, -0.2) is 9.36 Å². The molecule has 2 aromatic carbocycles. The maximum Gasteiger partial charge on any atom is 0.474 e. The number of hydrogen-bond acceptors (Lipinski definition) is 7. The molecule has 2 aromatic rings. The maximum atomic E-state index is 13.0. The standard InChI is InChI=1S/C19H19ClF3O7P/c1-27-17(24)18(25,13-6-8-14(9-7-13)19(21,22)23)16(30-31(26,28-2)29-3)12-4-10-15(20)11-5-12/h4-11,16,25H,1-3H3. The minimum atomic E-state index is -4.64. The first kappa shape index (κ1) is 25.3. The molecule has 0 aliphatic heterocycles. The molecule has 0 fully saturated rings. The van der Waals surface area contributed by atoms with Crippen molar-refractivity contribution in [1.82, 2.24) is 0 Å². The lowest BCUT2D eigenvalue weighted by Crippen LogP contribution is -2.43.